The molecule has 0 aliphatic rings. The lowest BCUT2D eigenvalue weighted by Gasteiger charge is -2.18. The number of rotatable bonds is 9. The molecule has 1 unspecified atom stereocenters. The van der Waals surface area contributed by atoms with Crippen LogP contribution in [-0.4, -0.2) is 17.1 Å². The van der Waals surface area contributed by atoms with E-state index in [1.807, 2.05) is 57.2 Å². The van der Waals surface area contributed by atoms with Crippen LogP contribution in [0.2, 0.25) is 5.02 Å². The van der Waals surface area contributed by atoms with Crippen molar-refractivity contribution in [2.75, 3.05) is 0 Å². The molecular weight excluding hydrogens is 350 g/mol. The molecule has 4 nitrogen and oxygen atoms in total. The lowest BCUT2D eigenvalue weighted by molar-refractivity contribution is -0.140. The van der Waals surface area contributed by atoms with Gasteiger partial charge < -0.3 is 15.2 Å². The summed E-state index contributed by atoms with van der Waals surface area (Å²) in [5.41, 5.74) is 3.13. The zero-order chi connectivity index (χ0) is 19.1. The highest BCUT2D eigenvalue weighted by atomic mass is 35.5. The van der Waals surface area contributed by atoms with Crippen molar-refractivity contribution >= 4 is 17.6 Å². The van der Waals surface area contributed by atoms with Gasteiger partial charge in [0.15, 0.2) is 0 Å². The van der Waals surface area contributed by atoms with Crippen LogP contribution in [0.1, 0.15) is 37.0 Å². The number of halogens is 1. The molecule has 140 valence electrons. The first kappa shape index (κ1) is 20.3. The second kappa shape index (κ2) is 9.60. The van der Waals surface area contributed by atoms with E-state index in [2.05, 4.69) is 5.32 Å². The van der Waals surface area contributed by atoms with Gasteiger partial charge in [-0.2, -0.15) is 0 Å². The molecule has 2 aromatic rings. The van der Waals surface area contributed by atoms with Gasteiger partial charge in [0.2, 0.25) is 0 Å². The zero-order valence-corrected chi connectivity index (χ0v) is 16.2. The lowest BCUT2D eigenvalue weighted by Crippen LogP contribution is -2.37. The summed E-state index contributed by atoms with van der Waals surface area (Å²) < 4.78 is 5.95. The van der Waals surface area contributed by atoms with Gasteiger partial charge in [-0.3, -0.25) is 4.79 Å². The van der Waals surface area contributed by atoms with E-state index in [1.165, 1.54) is 5.56 Å². The van der Waals surface area contributed by atoms with Crippen molar-refractivity contribution in [3.05, 3.63) is 64.2 Å². The Morgan fingerprint density at radius 2 is 1.88 bits per heavy atom. The van der Waals surface area contributed by atoms with Crippen molar-refractivity contribution in [1.29, 1.82) is 0 Å². The van der Waals surface area contributed by atoms with Gasteiger partial charge in [0, 0.05) is 17.1 Å². The Balaban J connectivity index is 2.06. The van der Waals surface area contributed by atoms with E-state index in [0.717, 1.165) is 11.1 Å². The van der Waals surface area contributed by atoms with E-state index in [0.29, 0.717) is 36.3 Å². The summed E-state index contributed by atoms with van der Waals surface area (Å²) in [6, 6.07) is 13.0. The molecular formula is C21H26ClNO3. The summed E-state index contributed by atoms with van der Waals surface area (Å²) in [7, 11) is 0. The van der Waals surface area contributed by atoms with Crippen LogP contribution in [-0.2, 0) is 17.9 Å². The van der Waals surface area contributed by atoms with Crippen LogP contribution in [0.5, 0.6) is 5.75 Å². The zero-order valence-electron chi connectivity index (χ0n) is 15.5. The van der Waals surface area contributed by atoms with Crippen molar-refractivity contribution in [3.63, 3.8) is 0 Å². The molecule has 0 heterocycles. The summed E-state index contributed by atoms with van der Waals surface area (Å²) in [5.74, 6) is 0.152. The van der Waals surface area contributed by atoms with E-state index < -0.39 is 12.0 Å². The molecule has 5 heteroatoms. The number of nitrogens with one attached hydrogen (secondary N) is 1. The number of aryl methyl sites for hydroxylation is 1. The van der Waals surface area contributed by atoms with E-state index in [4.69, 9.17) is 16.3 Å². The maximum atomic E-state index is 11.4. The molecule has 2 aromatic carbocycles. The first-order valence-corrected chi connectivity index (χ1v) is 9.16. The molecule has 0 bridgehead atoms. The Morgan fingerprint density at radius 3 is 2.50 bits per heavy atom. The maximum Gasteiger partial charge on any atom is 0.320 e. The molecule has 0 aliphatic heterocycles. The molecule has 0 saturated carbocycles. The molecule has 0 saturated heterocycles. The predicted octanol–water partition coefficient (Wildman–Crippen LogP) is 4.82. The fourth-order valence-corrected chi connectivity index (χ4v) is 2.84. The SMILES string of the molecule is Cc1ccc(COc2ccc(Cl)cc2CNC(CC(C)C)C(=O)O)cc1. The highest BCUT2D eigenvalue weighted by molar-refractivity contribution is 6.30. The molecule has 26 heavy (non-hydrogen) atoms. The Bertz CT molecular complexity index is 729. The Morgan fingerprint density at radius 1 is 1.19 bits per heavy atom. The van der Waals surface area contributed by atoms with Gasteiger partial charge in [0.1, 0.15) is 18.4 Å². The summed E-state index contributed by atoms with van der Waals surface area (Å²) in [4.78, 5) is 11.4. The summed E-state index contributed by atoms with van der Waals surface area (Å²) in [6.07, 6.45) is 0.565. The fourth-order valence-electron chi connectivity index (χ4n) is 2.65. The van der Waals surface area contributed by atoms with Crippen LogP contribution in [0.3, 0.4) is 0 Å². The average Bonchev–Trinajstić information content (AvgIpc) is 2.58. The first-order valence-electron chi connectivity index (χ1n) is 8.78. The van der Waals surface area contributed by atoms with E-state index in [1.54, 1.807) is 6.07 Å². The normalized spacial score (nSPS) is 12.2. The number of hydrogen-bond acceptors (Lipinski definition) is 3. The van der Waals surface area contributed by atoms with Crippen LogP contribution in [0, 0.1) is 12.8 Å². The van der Waals surface area contributed by atoms with Crippen molar-refractivity contribution in [1.82, 2.24) is 5.32 Å². The van der Waals surface area contributed by atoms with E-state index >= 15 is 0 Å². The largest absolute Gasteiger partial charge is 0.489 e. The maximum absolute atomic E-state index is 11.4. The van der Waals surface area contributed by atoms with Gasteiger partial charge in [0.25, 0.3) is 0 Å². The molecule has 2 N–H and O–H groups in total. The monoisotopic (exact) mass is 375 g/mol. The molecule has 0 spiro atoms. The molecule has 0 radical (unpaired) electrons. The minimum Gasteiger partial charge on any atom is -0.489 e. The first-order chi connectivity index (χ1) is 12.3. The molecule has 2 rings (SSSR count). The van der Waals surface area contributed by atoms with Crippen LogP contribution in [0.15, 0.2) is 42.5 Å². The van der Waals surface area contributed by atoms with Gasteiger partial charge in [-0.25, -0.2) is 0 Å². The minimum absolute atomic E-state index is 0.292. The number of benzene rings is 2. The third-order valence-electron chi connectivity index (χ3n) is 4.08. The smallest absolute Gasteiger partial charge is 0.320 e. The summed E-state index contributed by atoms with van der Waals surface area (Å²) in [6.45, 7) is 6.89. The highest BCUT2D eigenvalue weighted by Gasteiger charge is 2.19. The van der Waals surface area contributed by atoms with Crippen molar-refractivity contribution < 1.29 is 14.6 Å². The van der Waals surface area contributed by atoms with E-state index in [9.17, 15) is 9.90 Å². The fraction of sp³-hybridized carbons (Fsp3) is 0.381. The average molecular weight is 376 g/mol. The molecule has 0 fully saturated rings. The number of carbonyl (C=O) groups is 1. The minimum atomic E-state index is -0.845. The quantitative estimate of drug-likeness (QED) is 0.659. The third-order valence-corrected chi connectivity index (χ3v) is 4.32. The van der Waals surface area contributed by atoms with Crippen LogP contribution < -0.4 is 10.1 Å². The Labute approximate surface area is 160 Å². The number of carboxylic acid groups (broad SMARTS) is 1. The van der Waals surface area contributed by atoms with E-state index in [-0.39, 0.29) is 0 Å². The predicted molar refractivity (Wildman–Crippen MR) is 105 cm³/mol. The molecule has 0 aromatic heterocycles. The van der Waals surface area contributed by atoms with Crippen molar-refractivity contribution in [2.24, 2.45) is 5.92 Å². The Hall–Kier alpha value is -2.04. The number of aliphatic carboxylic acids is 1. The standard InChI is InChI=1S/C21H26ClNO3/c1-14(2)10-19(21(24)25)23-12-17-11-18(22)8-9-20(17)26-13-16-6-4-15(3)5-7-16/h4-9,11,14,19,23H,10,12-13H2,1-3H3,(H,24,25). The summed E-state index contributed by atoms with van der Waals surface area (Å²) >= 11 is 6.11. The van der Waals surface area contributed by atoms with Gasteiger partial charge in [0.05, 0.1) is 0 Å². The van der Waals surface area contributed by atoms with Crippen LogP contribution >= 0.6 is 11.6 Å². The molecule has 0 amide bonds. The lowest BCUT2D eigenvalue weighted by atomic mass is 10.0. The van der Waals surface area contributed by atoms with Gasteiger partial charge in [-0.1, -0.05) is 55.3 Å². The molecule has 1 atom stereocenters. The number of carboxylic acids is 1. The topological polar surface area (TPSA) is 58.6 Å². The van der Waals surface area contributed by atoms with Crippen LogP contribution in [0.4, 0.5) is 0 Å². The van der Waals surface area contributed by atoms with Crippen LogP contribution in [0.25, 0.3) is 0 Å². The van der Waals surface area contributed by atoms with Gasteiger partial charge >= 0.3 is 5.97 Å². The second-order valence-corrected chi connectivity index (χ2v) is 7.36. The van der Waals surface area contributed by atoms with Gasteiger partial charge in [-0.05, 0) is 43.0 Å². The summed E-state index contributed by atoms with van der Waals surface area (Å²) in [5, 5.41) is 13.1. The van der Waals surface area contributed by atoms with Crippen molar-refractivity contribution in [2.45, 2.75) is 46.4 Å². The highest BCUT2D eigenvalue weighted by Crippen LogP contribution is 2.24. The van der Waals surface area contributed by atoms with Crippen molar-refractivity contribution in [3.8, 4) is 5.75 Å². The number of ether oxygens (including phenoxy) is 1. The number of hydrogen-bond donors (Lipinski definition) is 2. The van der Waals surface area contributed by atoms with Gasteiger partial charge in [-0.15, -0.1) is 0 Å². The Kier molecular flexibility index (Phi) is 7.49. The third kappa shape index (κ3) is 6.36. The second-order valence-electron chi connectivity index (χ2n) is 6.93. The molecule has 0 aliphatic carbocycles.